The molecule has 0 N–H and O–H groups in total. The van der Waals surface area contributed by atoms with Crippen LogP contribution in [0.1, 0.15) is 53.4 Å². The Bertz CT molecular complexity index is 1110. The molecule has 1 heterocycles. The molecule has 196 valence electrons. The number of carbonyl (C=O) groups is 2. The first-order valence-electron chi connectivity index (χ1n) is 12.2. The van der Waals surface area contributed by atoms with Crippen molar-refractivity contribution in [1.29, 1.82) is 0 Å². The van der Waals surface area contributed by atoms with E-state index in [4.69, 9.17) is 23.7 Å². The number of methoxy groups -OCH3 is 4. The highest BCUT2D eigenvalue weighted by molar-refractivity contribution is 5.96. The van der Waals surface area contributed by atoms with E-state index in [0.717, 1.165) is 47.1 Å². The number of esters is 1. The maximum atomic E-state index is 12.0. The number of rotatable bonds is 11. The minimum absolute atomic E-state index is 0.0220. The number of carbonyl (C=O) groups excluding carboxylic acids is 2. The van der Waals surface area contributed by atoms with E-state index in [2.05, 4.69) is 7.05 Å². The molecule has 0 aliphatic carbocycles. The molecule has 0 amide bonds. The van der Waals surface area contributed by atoms with Gasteiger partial charge in [-0.25, -0.2) is 0 Å². The molecule has 2 unspecified atom stereocenters. The van der Waals surface area contributed by atoms with Gasteiger partial charge in [-0.1, -0.05) is 6.07 Å². The molecule has 3 rings (SSSR count). The second-order valence-electron chi connectivity index (χ2n) is 9.40. The molecule has 0 saturated carbocycles. The third-order valence-corrected chi connectivity index (χ3v) is 7.12. The van der Waals surface area contributed by atoms with E-state index in [1.165, 1.54) is 13.8 Å². The highest BCUT2D eigenvalue weighted by Crippen LogP contribution is 2.50. The Kier molecular flexibility index (Phi) is 8.84. The maximum Gasteiger partial charge on any atom is 0.302 e. The fourth-order valence-corrected chi connectivity index (χ4v) is 5.25. The van der Waals surface area contributed by atoms with Crippen LogP contribution < -0.4 is 18.9 Å². The largest absolute Gasteiger partial charge is 0.496 e. The standard InChI is InChI=1S/C28H38NO7/c1-18(30)22-10-9-20(16-24(22)32-4)15-23-26-21(17-25(33-5)27(34-6)28(26)35-7)11-13-29(23,3)12-8-14-36-19(2)31/h9-10,16-17,23H,8,11-15H2,1-7H3/q+1. The van der Waals surface area contributed by atoms with Crippen molar-refractivity contribution in [3.63, 3.8) is 0 Å². The summed E-state index contributed by atoms with van der Waals surface area (Å²) >= 11 is 0. The number of hydrogen-bond donors (Lipinski definition) is 0. The molecule has 8 heteroatoms. The van der Waals surface area contributed by atoms with Gasteiger partial charge in [-0.2, -0.15) is 0 Å². The third-order valence-electron chi connectivity index (χ3n) is 7.12. The SMILES string of the molecule is COc1cc(CC2c3c(cc(OC)c(OC)c3OC)CC[N+]2(C)CCCOC(C)=O)ccc1C(C)=O. The van der Waals surface area contributed by atoms with Gasteiger partial charge in [0.2, 0.25) is 5.75 Å². The van der Waals surface area contributed by atoms with Crippen LogP contribution in [0.2, 0.25) is 0 Å². The lowest BCUT2D eigenvalue weighted by Crippen LogP contribution is -2.52. The van der Waals surface area contributed by atoms with Gasteiger partial charge in [0.25, 0.3) is 0 Å². The summed E-state index contributed by atoms with van der Waals surface area (Å²) in [7, 11) is 8.71. The smallest absolute Gasteiger partial charge is 0.302 e. The third kappa shape index (κ3) is 5.59. The molecular formula is C28H38NO7+. The molecule has 0 bridgehead atoms. The highest BCUT2D eigenvalue weighted by Gasteiger charge is 2.42. The number of fused-ring (bicyclic) bond motifs is 1. The molecule has 2 aromatic rings. The fourth-order valence-electron chi connectivity index (χ4n) is 5.25. The van der Waals surface area contributed by atoms with Gasteiger partial charge in [-0.15, -0.1) is 0 Å². The van der Waals surface area contributed by atoms with Gasteiger partial charge in [-0.05, 0) is 36.2 Å². The zero-order valence-electron chi connectivity index (χ0n) is 22.4. The van der Waals surface area contributed by atoms with Crippen molar-refractivity contribution in [3.05, 3.63) is 46.5 Å². The Labute approximate surface area is 213 Å². The Morgan fingerprint density at radius 3 is 2.22 bits per heavy atom. The molecule has 1 aliphatic heterocycles. The summed E-state index contributed by atoms with van der Waals surface area (Å²) in [5.41, 5.74) is 3.87. The zero-order chi connectivity index (χ0) is 26.5. The number of likely N-dealkylation sites (N-methyl/N-ethyl adjacent to an activating group) is 1. The summed E-state index contributed by atoms with van der Waals surface area (Å²) in [4.78, 5) is 23.3. The van der Waals surface area contributed by atoms with Crippen LogP contribution >= 0.6 is 0 Å². The van der Waals surface area contributed by atoms with Gasteiger partial charge < -0.3 is 28.2 Å². The zero-order valence-corrected chi connectivity index (χ0v) is 22.4. The number of benzene rings is 2. The second kappa shape index (κ2) is 11.6. The van der Waals surface area contributed by atoms with Gasteiger partial charge >= 0.3 is 5.97 Å². The number of ketones is 1. The van der Waals surface area contributed by atoms with Gasteiger partial charge in [0.05, 0.1) is 66.3 Å². The molecule has 0 fully saturated rings. The van der Waals surface area contributed by atoms with Crippen molar-refractivity contribution >= 4 is 11.8 Å². The molecule has 36 heavy (non-hydrogen) atoms. The summed E-state index contributed by atoms with van der Waals surface area (Å²) < 4.78 is 28.8. The predicted molar refractivity (Wildman–Crippen MR) is 136 cm³/mol. The number of quaternary nitrogens is 1. The van der Waals surface area contributed by atoms with Crippen LogP contribution in [0.4, 0.5) is 0 Å². The van der Waals surface area contributed by atoms with Crippen LogP contribution in [0.15, 0.2) is 24.3 Å². The van der Waals surface area contributed by atoms with Crippen LogP contribution in [0.3, 0.4) is 0 Å². The van der Waals surface area contributed by atoms with Crippen LogP contribution in [0.5, 0.6) is 23.0 Å². The molecule has 1 aliphatic rings. The van der Waals surface area contributed by atoms with E-state index in [9.17, 15) is 9.59 Å². The first-order valence-corrected chi connectivity index (χ1v) is 12.2. The van der Waals surface area contributed by atoms with Crippen LogP contribution in [0.25, 0.3) is 0 Å². The molecule has 8 nitrogen and oxygen atoms in total. The average molecular weight is 501 g/mol. The van der Waals surface area contributed by atoms with Gasteiger partial charge in [0.1, 0.15) is 11.8 Å². The number of hydrogen-bond acceptors (Lipinski definition) is 7. The summed E-state index contributed by atoms with van der Waals surface area (Å²) in [6, 6.07) is 7.84. The first kappa shape index (κ1) is 27.3. The minimum Gasteiger partial charge on any atom is -0.496 e. The van der Waals surface area contributed by atoms with Crippen molar-refractivity contribution in [1.82, 2.24) is 0 Å². The summed E-state index contributed by atoms with van der Waals surface area (Å²) in [5.74, 6) is 2.15. The lowest BCUT2D eigenvalue weighted by molar-refractivity contribution is -0.941. The van der Waals surface area contributed by atoms with E-state index in [0.29, 0.717) is 41.6 Å². The fraction of sp³-hybridized carbons (Fsp3) is 0.500. The van der Waals surface area contributed by atoms with Gasteiger partial charge in [0, 0.05) is 26.2 Å². The maximum absolute atomic E-state index is 12.0. The van der Waals surface area contributed by atoms with Crippen molar-refractivity contribution in [2.75, 3.05) is 55.2 Å². The molecule has 0 saturated heterocycles. The normalized spacial score (nSPS) is 18.7. The summed E-state index contributed by atoms with van der Waals surface area (Å²) in [5, 5.41) is 0. The van der Waals surface area contributed by atoms with Crippen LogP contribution in [0, 0.1) is 0 Å². The molecule has 2 atom stereocenters. The van der Waals surface area contributed by atoms with Crippen LogP contribution in [-0.4, -0.2) is 71.4 Å². The van der Waals surface area contributed by atoms with Gasteiger partial charge in [-0.3, -0.25) is 9.59 Å². The average Bonchev–Trinajstić information content (AvgIpc) is 2.86. The molecule has 0 radical (unpaired) electrons. The topological polar surface area (TPSA) is 80.3 Å². The Balaban J connectivity index is 2.10. The second-order valence-corrected chi connectivity index (χ2v) is 9.40. The number of Topliss-reactive ketones (excluding diaryl/α,β-unsaturated/α-hetero) is 1. The lowest BCUT2D eigenvalue weighted by Gasteiger charge is -2.46. The molecule has 0 aromatic heterocycles. The molecule has 2 aromatic carbocycles. The Morgan fingerprint density at radius 2 is 1.64 bits per heavy atom. The van der Waals surface area contributed by atoms with Gasteiger partial charge in [0.15, 0.2) is 17.3 Å². The predicted octanol–water partition coefficient (Wildman–Crippen LogP) is 4.16. The molecule has 0 spiro atoms. The van der Waals surface area contributed by atoms with Crippen molar-refractivity contribution in [3.8, 4) is 23.0 Å². The Morgan fingerprint density at radius 1 is 0.944 bits per heavy atom. The van der Waals surface area contributed by atoms with E-state index in [-0.39, 0.29) is 17.8 Å². The summed E-state index contributed by atoms with van der Waals surface area (Å²) in [6.45, 7) is 5.07. The highest BCUT2D eigenvalue weighted by atomic mass is 16.5. The van der Waals surface area contributed by atoms with E-state index < -0.39 is 0 Å². The number of nitrogens with zero attached hydrogens (tertiary/aromatic N) is 1. The first-order chi connectivity index (χ1) is 17.2. The monoisotopic (exact) mass is 500 g/mol. The Hall–Kier alpha value is -3.26. The van der Waals surface area contributed by atoms with Crippen molar-refractivity contribution < 1.29 is 37.8 Å². The van der Waals surface area contributed by atoms with Crippen molar-refractivity contribution in [2.24, 2.45) is 0 Å². The lowest BCUT2D eigenvalue weighted by atomic mass is 9.85. The summed E-state index contributed by atoms with van der Waals surface area (Å²) in [6.07, 6.45) is 2.28. The van der Waals surface area contributed by atoms with E-state index in [1.54, 1.807) is 28.4 Å². The van der Waals surface area contributed by atoms with E-state index in [1.807, 2.05) is 24.3 Å². The molecular weight excluding hydrogens is 462 g/mol. The number of ether oxygens (including phenoxy) is 5. The van der Waals surface area contributed by atoms with Crippen molar-refractivity contribution in [2.45, 2.75) is 39.2 Å². The quantitative estimate of drug-likeness (QED) is 0.198. The minimum atomic E-state index is -0.269. The van der Waals surface area contributed by atoms with Crippen LogP contribution in [-0.2, 0) is 22.4 Å². The van der Waals surface area contributed by atoms with E-state index >= 15 is 0 Å².